The van der Waals surface area contributed by atoms with Crippen LogP contribution < -0.4 is 5.43 Å². The second kappa shape index (κ2) is 7.70. The monoisotopic (exact) mass is 461 g/mol. The van der Waals surface area contributed by atoms with Gasteiger partial charge in [0.2, 0.25) is 5.76 Å². The van der Waals surface area contributed by atoms with Crippen LogP contribution >= 0.6 is 27.5 Å². The van der Waals surface area contributed by atoms with Crippen LogP contribution in [0.2, 0.25) is 5.02 Å². The molecule has 0 aliphatic carbocycles. The average Bonchev–Trinajstić information content (AvgIpc) is 2.95. The van der Waals surface area contributed by atoms with Crippen molar-refractivity contribution in [3.8, 4) is 0 Å². The van der Waals surface area contributed by atoms with Crippen molar-refractivity contribution in [3.05, 3.63) is 79.1 Å². The topological polar surface area (TPSA) is 59.8 Å². The van der Waals surface area contributed by atoms with Crippen molar-refractivity contribution in [3.63, 3.8) is 0 Å². The third kappa shape index (κ3) is 3.26. The minimum absolute atomic E-state index is 0.0993. The second-order valence-electron chi connectivity index (χ2n) is 6.62. The Labute approximate surface area is 175 Å². The van der Waals surface area contributed by atoms with Crippen molar-refractivity contribution in [1.29, 1.82) is 0 Å². The van der Waals surface area contributed by atoms with E-state index in [-0.39, 0.29) is 17.1 Å². The Kier molecular flexibility index (Phi) is 5.27. The largest absolute Gasteiger partial charge is 0.450 e. The molecule has 0 saturated carbocycles. The van der Waals surface area contributed by atoms with E-state index in [9.17, 15) is 9.59 Å². The zero-order valence-electron chi connectivity index (χ0n) is 15.1. The summed E-state index contributed by atoms with van der Waals surface area (Å²) in [6.07, 6.45) is 0.653. The number of hydrogen-bond donors (Lipinski definition) is 0. The van der Waals surface area contributed by atoms with Crippen molar-refractivity contribution in [2.75, 3.05) is 20.3 Å². The molecule has 0 fully saturated rings. The van der Waals surface area contributed by atoms with Crippen LogP contribution in [0, 0.1) is 0 Å². The van der Waals surface area contributed by atoms with Gasteiger partial charge in [0.1, 0.15) is 5.58 Å². The standard InChI is InChI=1S/C21H17BrClNO4/c1-27-9-3-8-24-18(12-4-2-5-13(22)10-12)17-19(25)15-11-14(23)6-7-16(15)28-20(17)21(24)26/h2,4-7,10-11,18H,3,8-9H2,1H3. The van der Waals surface area contributed by atoms with Gasteiger partial charge in [-0.3, -0.25) is 9.59 Å². The van der Waals surface area contributed by atoms with E-state index in [1.54, 1.807) is 30.2 Å². The summed E-state index contributed by atoms with van der Waals surface area (Å²) in [5.41, 5.74) is 1.32. The van der Waals surface area contributed by atoms with Crippen LogP contribution in [0.4, 0.5) is 0 Å². The molecule has 5 nitrogen and oxygen atoms in total. The fourth-order valence-electron chi connectivity index (χ4n) is 3.63. The Balaban J connectivity index is 1.93. The summed E-state index contributed by atoms with van der Waals surface area (Å²) in [7, 11) is 1.62. The molecule has 0 saturated heterocycles. The zero-order valence-corrected chi connectivity index (χ0v) is 17.4. The van der Waals surface area contributed by atoms with Gasteiger partial charge >= 0.3 is 0 Å². The van der Waals surface area contributed by atoms with E-state index in [1.807, 2.05) is 24.3 Å². The van der Waals surface area contributed by atoms with Crippen molar-refractivity contribution in [1.82, 2.24) is 4.90 Å². The van der Waals surface area contributed by atoms with Crippen LogP contribution in [0.5, 0.6) is 0 Å². The Morgan fingerprint density at radius 3 is 2.79 bits per heavy atom. The number of carbonyl (C=O) groups excluding carboxylic acids is 1. The molecule has 2 heterocycles. The van der Waals surface area contributed by atoms with Gasteiger partial charge in [0.25, 0.3) is 5.91 Å². The van der Waals surface area contributed by atoms with Gasteiger partial charge in [-0.1, -0.05) is 39.7 Å². The average molecular weight is 463 g/mol. The van der Waals surface area contributed by atoms with Gasteiger partial charge in [-0.25, -0.2) is 0 Å². The summed E-state index contributed by atoms with van der Waals surface area (Å²) in [6, 6.07) is 11.9. The Bertz CT molecular complexity index is 1130. The normalized spacial score (nSPS) is 16.0. The van der Waals surface area contributed by atoms with Crippen molar-refractivity contribution in [2.24, 2.45) is 0 Å². The van der Waals surface area contributed by atoms with E-state index in [1.165, 1.54) is 0 Å². The minimum atomic E-state index is -0.517. The summed E-state index contributed by atoms with van der Waals surface area (Å²) in [5, 5.41) is 0.817. The lowest BCUT2D eigenvalue weighted by Crippen LogP contribution is -2.31. The Hall–Kier alpha value is -2.15. The first-order valence-corrected chi connectivity index (χ1v) is 10.00. The van der Waals surface area contributed by atoms with E-state index in [0.29, 0.717) is 41.1 Å². The minimum Gasteiger partial charge on any atom is -0.450 e. The molecule has 0 bridgehead atoms. The number of amides is 1. The molecule has 4 rings (SSSR count). The molecule has 0 spiro atoms. The molecule has 1 amide bonds. The van der Waals surface area contributed by atoms with Gasteiger partial charge in [-0.2, -0.15) is 0 Å². The molecule has 0 N–H and O–H groups in total. The fraction of sp³-hybridized carbons (Fsp3) is 0.238. The summed E-state index contributed by atoms with van der Waals surface area (Å²) in [5.74, 6) is -0.188. The molecule has 28 heavy (non-hydrogen) atoms. The summed E-state index contributed by atoms with van der Waals surface area (Å²) in [6.45, 7) is 0.967. The highest BCUT2D eigenvalue weighted by molar-refractivity contribution is 9.10. The van der Waals surface area contributed by atoms with Gasteiger partial charge < -0.3 is 14.1 Å². The molecule has 7 heteroatoms. The zero-order chi connectivity index (χ0) is 19.8. The molecule has 3 aromatic rings. The molecule has 1 aliphatic rings. The van der Waals surface area contributed by atoms with Gasteiger partial charge in [-0.05, 0) is 42.3 Å². The summed E-state index contributed by atoms with van der Waals surface area (Å²) in [4.78, 5) is 28.1. The molecule has 1 atom stereocenters. The smallest absolute Gasteiger partial charge is 0.290 e. The molecule has 1 aromatic heterocycles. The fourth-order valence-corrected chi connectivity index (χ4v) is 4.21. The Morgan fingerprint density at radius 1 is 1.21 bits per heavy atom. The van der Waals surface area contributed by atoms with Crippen LogP contribution in [0.15, 0.2) is 56.1 Å². The first kappa shape index (κ1) is 19.2. The number of rotatable bonds is 5. The predicted octanol–water partition coefficient (Wildman–Crippen LogP) is 4.79. The lowest BCUT2D eigenvalue weighted by molar-refractivity contribution is 0.0708. The van der Waals surface area contributed by atoms with Crippen LogP contribution in [-0.2, 0) is 4.74 Å². The first-order chi connectivity index (χ1) is 13.5. The quantitative estimate of drug-likeness (QED) is 0.512. The summed E-state index contributed by atoms with van der Waals surface area (Å²) < 4.78 is 11.9. The second-order valence-corrected chi connectivity index (χ2v) is 7.97. The molecule has 2 aromatic carbocycles. The maximum absolute atomic E-state index is 13.3. The highest BCUT2D eigenvalue weighted by atomic mass is 79.9. The molecular formula is C21H17BrClNO4. The van der Waals surface area contributed by atoms with Gasteiger partial charge in [0.05, 0.1) is 17.0 Å². The van der Waals surface area contributed by atoms with Crippen LogP contribution in [-0.4, -0.2) is 31.1 Å². The molecule has 1 aliphatic heterocycles. The van der Waals surface area contributed by atoms with E-state index >= 15 is 0 Å². The SMILES string of the molecule is COCCCN1C(=O)c2oc3ccc(Cl)cc3c(=O)c2C1c1cccc(Br)c1. The number of hydrogen-bond acceptors (Lipinski definition) is 4. The molecular weight excluding hydrogens is 446 g/mol. The van der Waals surface area contributed by atoms with Gasteiger partial charge in [-0.15, -0.1) is 0 Å². The maximum Gasteiger partial charge on any atom is 0.290 e. The number of nitrogens with zero attached hydrogens (tertiary/aromatic N) is 1. The lowest BCUT2D eigenvalue weighted by atomic mass is 9.98. The van der Waals surface area contributed by atoms with E-state index in [4.69, 9.17) is 20.8 Å². The van der Waals surface area contributed by atoms with Crippen molar-refractivity contribution >= 4 is 44.4 Å². The molecule has 0 radical (unpaired) electrons. The first-order valence-electron chi connectivity index (χ1n) is 8.83. The van der Waals surface area contributed by atoms with Crippen LogP contribution in [0.3, 0.4) is 0 Å². The number of carbonyl (C=O) groups is 1. The highest BCUT2D eigenvalue weighted by Gasteiger charge is 2.42. The molecule has 144 valence electrons. The molecule has 1 unspecified atom stereocenters. The van der Waals surface area contributed by atoms with Crippen LogP contribution in [0.25, 0.3) is 11.0 Å². The Morgan fingerprint density at radius 2 is 2.04 bits per heavy atom. The highest BCUT2D eigenvalue weighted by Crippen LogP contribution is 2.39. The third-order valence-electron chi connectivity index (χ3n) is 4.84. The van der Waals surface area contributed by atoms with Crippen LogP contribution in [0.1, 0.15) is 34.1 Å². The summed E-state index contributed by atoms with van der Waals surface area (Å²) >= 11 is 9.55. The number of halogens is 2. The predicted molar refractivity (Wildman–Crippen MR) is 111 cm³/mol. The van der Waals surface area contributed by atoms with E-state index < -0.39 is 6.04 Å². The number of benzene rings is 2. The lowest BCUT2D eigenvalue weighted by Gasteiger charge is -2.25. The number of ether oxygens (including phenoxy) is 1. The maximum atomic E-state index is 13.3. The van der Waals surface area contributed by atoms with E-state index in [0.717, 1.165) is 10.0 Å². The van der Waals surface area contributed by atoms with E-state index in [2.05, 4.69) is 15.9 Å². The third-order valence-corrected chi connectivity index (χ3v) is 5.57. The van der Waals surface area contributed by atoms with Gasteiger partial charge in [0, 0.05) is 29.8 Å². The van der Waals surface area contributed by atoms with Crippen molar-refractivity contribution in [2.45, 2.75) is 12.5 Å². The van der Waals surface area contributed by atoms with Gasteiger partial charge in [0.15, 0.2) is 5.43 Å². The van der Waals surface area contributed by atoms with Crippen molar-refractivity contribution < 1.29 is 13.9 Å². The number of methoxy groups -OCH3 is 1. The number of fused-ring (bicyclic) bond motifs is 2.